The summed E-state index contributed by atoms with van der Waals surface area (Å²) >= 11 is 1.35. The van der Waals surface area contributed by atoms with Crippen molar-refractivity contribution in [2.24, 2.45) is 5.41 Å². The Morgan fingerprint density at radius 2 is 2.14 bits per heavy atom. The monoisotopic (exact) mass is 409 g/mol. The molecule has 0 saturated heterocycles. The Hall–Kier alpha value is -2.55. The van der Waals surface area contributed by atoms with Crippen LogP contribution < -0.4 is 10.1 Å². The third-order valence-electron chi connectivity index (χ3n) is 4.93. The average Bonchev–Trinajstić information content (AvgIpc) is 3.07. The molecule has 1 fully saturated rings. The average molecular weight is 409 g/mol. The van der Waals surface area contributed by atoms with Crippen LogP contribution in [0.3, 0.4) is 0 Å². The SMILES string of the molecule is CC1(C(=O)NCc2cc3cc(C(F)(F)F)c(OCc4cscn4)cc3[nH]2)CC1. The lowest BCUT2D eigenvalue weighted by Gasteiger charge is -2.13. The predicted molar refractivity (Wildman–Crippen MR) is 98.9 cm³/mol. The molecule has 0 bridgehead atoms. The van der Waals surface area contributed by atoms with Gasteiger partial charge in [0, 0.05) is 33.5 Å². The summed E-state index contributed by atoms with van der Waals surface area (Å²) in [5.74, 6) is -0.287. The molecule has 1 saturated carbocycles. The number of H-pyrrole nitrogens is 1. The van der Waals surface area contributed by atoms with Crippen LogP contribution in [0.2, 0.25) is 0 Å². The number of nitrogens with one attached hydrogen (secondary N) is 2. The van der Waals surface area contributed by atoms with Crippen molar-refractivity contribution < 1.29 is 22.7 Å². The lowest BCUT2D eigenvalue weighted by Crippen LogP contribution is -2.29. The van der Waals surface area contributed by atoms with Gasteiger partial charge in [-0.15, -0.1) is 11.3 Å². The van der Waals surface area contributed by atoms with Gasteiger partial charge in [-0.2, -0.15) is 13.2 Å². The molecule has 0 spiro atoms. The van der Waals surface area contributed by atoms with E-state index >= 15 is 0 Å². The highest BCUT2D eigenvalue weighted by Crippen LogP contribution is 2.45. The molecule has 0 atom stereocenters. The van der Waals surface area contributed by atoms with Crippen molar-refractivity contribution >= 4 is 28.1 Å². The fraction of sp³-hybridized carbons (Fsp3) is 0.368. The number of nitrogens with zero attached hydrogens (tertiary/aromatic N) is 1. The summed E-state index contributed by atoms with van der Waals surface area (Å²) in [5.41, 5.74) is 2.18. The van der Waals surface area contributed by atoms with Gasteiger partial charge in [-0.1, -0.05) is 6.92 Å². The molecule has 0 unspecified atom stereocenters. The van der Waals surface area contributed by atoms with E-state index in [0.29, 0.717) is 22.3 Å². The summed E-state index contributed by atoms with van der Waals surface area (Å²) in [6, 6.07) is 4.03. The lowest BCUT2D eigenvalue weighted by molar-refractivity contribution is -0.139. The third kappa shape index (κ3) is 3.84. The number of hydrogen-bond acceptors (Lipinski definition) is 4. The standard InChI is InChI=1S/C19H18F3N3O2S/c1-18(2-3-18)17(26)23-7-12-4-11-5-14(19(20,21)22)16(6-15(11)25-12)27-8-13-9-28-10-24-13/h4-6,9-10,25H,2-3,7-8H2,1H3,(H,23,26). The first-order valence-electron chi connectivity index (χ1n) is 8.76. The van der Waals surface area contributed by atoms with Crippen LogP contribution in [0.1, 0.15) is 36.7 Å². The zero-order chi connectivity index (χ0) is 19.9. The Labute approximate surface area is 162 Å². The quantitative estimate of drug-likeness (QED) is 0.623. The molecular formula is C19H18F3N3O2S. The minimum Gasteiger partial charge on any atom is -0.487 e. The second-order valence-electron chi connectivity index (χ2n) is 7.24. The first-order valence-corrected chi connectivity index (χ1v) is 9.70. The number of ether oxygens (including phenoxy) is 1. The van der Waals surface area contributed by atoms with Gasteiger partial charge in [0.15, 0.2) is 0 Å². The first kappa shape index (κ1) is 18.8. The van der Waals surface area contributed by atoms with E-state index in [2.05, 4.69) is 15.3 Å². The van der Waals surface area contributed by atoms with Gasteiger partial charge in [-0.05, 0) is 25.0 Å². The van der Waals surface area contributed by atoms with Crippen LogP contribution in [0.15, 0.2) is 29.1 Å². The molecule has 5 nitrogen and oxygen atoms in total. The van der Waals surface area contributed by atoms with E-state index in [4.69, 9.17) is 4.74 Å². The Morgan fingerprint density at radius 3 is 2.79 bits per heavy atom. The molecule has 148 valence electrons. The van der Waals surface area contributed by atoms with Crippen molar-refractivity contribution in [2.45, 2.75) is 39.1 Å². The van der Waals surface area contributed by atoms with Crippen LogP contribution in [0.4, 0.5) is 13.2 Å². The van der Waals surface area contributed by atoms with Crippen LogP contribution in [0.5, 0.6) is 5.75 Å². The number of rotatable bonds is 6. The van der Waals surface area contributed by atoms with Gasteiger partial charge in [-0.25, -0.2) is 4.98 Å². The molecule has 1 aromatic carbocycles. The van der Waals surface area contributed by atoms with Gasteiger partial charge in [0.05, 0.1) is 23.3 Å². The normalized spacial score (nSPS) is 15.6. The number of thiazole rings is 1. The number of alkyl halides is 3. The van der Waals surface area contributed by atoms with Gasteiger partial charge in [0.2, 0.25) is 5.91 Å². The van der Waals surface area contributed by atoms with Crippen molar-refractivity contribution in [1.29, 1.82) is 0 Å². The Bertz CT molecular complexity index is 1010. The number of carbonyl (C=O) groups excluding carboxylic acids is 1. The molecular weight excluding hydrogens is 391 g/mol. The van der Waals surface area contributed by atoms with Gasteiger partial charge in [0.1, 0.15) is 12.4 Å². The van der Waals surface area contributed by atoms with Crippen LogP contribution in [-0.2, 0) is 24.1 Å². The number of aromatic nitrogens is 2. The number of benzene rings is 1. The predicted octanol–water partition coefficient (Wildman–Crippen LogP) is 4.64. The van der Waals surface area contributed by atoms with Crippen molar-refractivity contribution in [3.05, 3.63) is 46.0 Å². The topological polar surface area (TPSA) is 67.0 Å². The summed E-state index contributed by atoms with van der Waals surface area (Å²) in [7, 11) is 0. The Balaban J connectivity index is 1.57. The van der Waals surface area contributed by atoms with E-state index in [1.807, 2.05) is 6.92 Å². The van der Waals surface area contributed by atoms with E-state index in [-0.39, 0.29) is 30.2 Å². The summed E-state index contributed by atoms with van der Waals surface area (Å²) < 4.78 is 45.9. The molecule has 0 radical (unpaired) electrons. The molecule has 28 heavy (non-hydrogen) atoms. The number of carbonyl (C=O) groups is 1. The third-order valence-corrected chi connectivity index (χ3v) is 5.56. The van der Waals surface area contributed by atoms with Crippen molar-refractivity contribution in [2.75, 3.05) is 0 Å². The van der Waals surface area contributed by atoms with Crippen LogP contribution in [0.25, 0.3) is 10.9 Å². The molecule has 2 N–H and O–H groups in total. The van der Waals surface area contributed by atoms with Gasteiger partial charge >= 0.3 is 6.18 Å². The van der Waals surface area contributed by atoms with E-state index in [0.717, 1.165) is 18.9 Å². The highest BCUT2D eigenvalue weighted by molar-refractivity contribution is 7.07. The van der Waals surface area contributed by atoms with Crippen LogP contribution >= 0.6 is 11.3 Å². The highest BCUT2D eigenvalue weighted by Gasteiger charge is 2.44. The van der Waals surface area contributed by atoms with Gasteiger partial charge in [0.25, 0.3) is 0 Å². The number of halogens is 3. The number of aromatic amines is 1. The molecule has 2 heterocycles. The summed E-state index contributed by atoms with van der Waals surface area (Å²) in [6.45, 7) is 2.09. The molecule has 3 aromatic rings. The Kier molecular flexibility index (Phi) is 4.57. The molecule has 1 aliphatic rings. The zero-order valence-electron chi connectivity index (χ0n) is 15.0. The second-order valence-corrected chi connectivity index (χ2v) is 7.96. The zero-order valence-corrected chi connectivity index (χ0v) is 15.8. The van der Waals surface area contributed by atoms with Crippen molar-refractivity contribution in [3.63, 3.8) is 0 Å². The fourth-order valence-electron chi connectivity index (χ4n) is 2.92. The van der Waals surface area contributed by atoms with E-state index in [1.54, 1.807) is 17.0 Å². The van der Waals surface area contributed by atoms with Gasteiger partial charge in [-0.3, -0.25) is 4.79 Å². The maximum atomic E-state index is 13.5. The van der Waals surface area contributed by atoms with E-state index in [1.165, 1.54) is 17.4 Å². The van der Waals surface area contributed by atoms with E-state index < -0.39 is 11.7 Å². The number of amides is 1. The highest BCUT2D eigenvalue weighted by atomic mass is 32.1. The summed E-state index contributed by atoms with van der Waals surface area (Å²) in [4.78, 5) is 19.1. The maximum absolute atomic E-state index is 13.5. The second kappa shape index (κ2) is 6.80. The molecule has 0 aliphatic heterocycles. The van der Waals surface area contributed by atoms with Crippen molar-refractivity contribution in [3.8, 4) is 5.75 Å². The first-order chi connectivity index (χ1) is 13.2. The van der Waals surface area contributed by atoms with E-state index in [9.17, 15) is 18.0 Å². The molecule has 1 aliphatic carbocycles. The fourth-order valence-corrected chi connectivity index (χ4v) is 3.46. The molecule has 9 heteroatoms. The summed E-state index contributed by atoms with van der Waals surface area (Å²) in [6.07, 6.45) is -2.82. The minimum atomic E-state index is -4.54. The van der Waals surface area contributed by atoms with Crippen LogP contribution in [-0.4, -0.2) is 15.9 Å². The molecule has 4 rings (SSSR count). The Morgan fingerprint density at radius 1 is 1.36 bits per heavy atom. The van der Waals surface area contributed by atoms with Crippen LogP contribution in [0, 0.1) is 5.41 Å². The largest absolute Gasteiger partial charge is 0.487 e. The summed E-state index contributed by atoms with van der Waals surface area (Å²) in [5, 5.41) is 4.97. The molecule has 2 aromatic heterocycles. The smallest absolute Gasteiger partial charge is 0.419 e. The number of hydrogen-bond donors (Lipinski definition) is 2. The molecule has 1 amide bonds. The maximum Gasteiger partial charge on any atom is 0.419 e. The minimum absolute atomic E-state index is 0.0329. The number of fused-ring (bicyclic) bond motifs is 1. The lowest BCUT2D eigenvalue weighted by atomic mass is 10.1. The van der Waals surface area contributed by atoms with Crippen molar-refractivity contribution in [1.82, 2.24) is 15.3 Å². The van der Waals surface area contributed by atoms with Gasteiger partial charge < -0.3 is 15.0 Å².